The molecule has 0 saturated carbocycles. The molecular formula is C16H26ClN3. The Morgan fingerprint density at radius 1 is 1.10 bits per heavy atom. The summed E-state index contributed by atoms with van der Waals surface area (Å²) in [4.78, 5) is 5.26. The van der Waals surface area contributed by atoms with Crippen LogP contribution in [0.15, 0.2) is 24.3 Å². The van der Waals surface area contributed by atoms with E-state index in [9.17, 15) is 0 Å². The van der Waals surface area contributed by atoms with E-state index in [4.69, 9.17) is 0 Å². The monoisotopic (exact) mass is 295 g/mol. The molecule has 4 heteroatoms. The second kappa shape index (κ2) is 7.41. The number of aryl methyl sites for hydroxylation is 1. The first-order chi connectivity index (χ1) is 9.31. The largest absolute Gasteiger partial charge is 0.315 e. The number of hydrogen-bond donors (Lipinski definition) is 1. The average Bonchev–Trinajstić information content (AvgIpc) is 2.96. The lowest BCUT2D eigenvalue weighted by atomic mass is 10.1. The molecule has 0 radical (unpaired) electrons. The molecule has 0 spiro atoms. The highest BCUT2D eigenvalue weighted by Gasteiger charge is 2.25. The van der Waals surface area contributed by atoms with Crippen molar-refractivity contribution in [3.63, 3.8) is 0 Å². The van der Waals surface area contributed by atoms with Crippen molar-refractivity contribution in [2.75, 3.05) is 39.3 Å². The molecule has 20 heavy (non-hydrogen) atoms. The molecule has 0 aliphatic carbocycles. The Balaban J connectivity index is 0.00000147. The Bertz CT molecular complexity index is 393. The highest BCUT2D eigenvalue weighted by Crippen LogP contribution is 2.14. The second-order valence-electron chi connectivity index (χ2n) is 5.94. The van der Waals surface area contributed by atoms with Gasteiger partial charge in [-0.1, -0.05) is 29.8 Å². The quantitative estimate of drug-likeness (QED) is 0.919. The lowest BCUT2D eigenvalue weighted by Crippen LogP contribution is -2.50. The summed E-state index contributed by atoms with van der Waals surface area (Å²) in [7, 11) is 0. The van der Waals surface area contributed by atoms with Gasteiger partial charge in [0, 0.05) is 45.3 Å². The summed E-state index contributed by atoms with van der Waals surface area (Å²) in [5, 5.41) is 3.47. The highest BCUT2D eigenvalue weighted by atomic mass is 35.5. The number of halogens is 1. The molecule has 2 fully saturated rings. The highest BCUT2D eigenvalue weighted by molar-refractivity contribution is 5.85. The fourth-order valence-electron chi connectivity index (χ4n) is 3.19. The van der Waals surface area contributed by atoms with Gasteiger partial charge in [0.1, 0.15) is 0 Å². The van der Waals surface area contributed by atoms with E-state index in [2.05, 4.69) is 46.3 Å². The van der Waals surface area contributed by atoms with Crippen molar-refractivity contribution in [1.82, 2.24) is 15.1 Å². The minimum Gasteiger partial charge on any atom is -0.315 e. The van der Waals surface area contributed by atoms with Crippen LogP contribution in [0.2, 0.25) is 0 Å². The fraction of sp³-hybridized carbons (Fsp3) is 0.625. The molecular weight excluding hydrogens is 270 g/mol. The Labute approximate surface area is 128 Å². The van der Waals surface area contributed by atoms with Gasteiger partial charge in [-0.2, -0.15) is 0 Å². The van der Waals surface area contributed by atoms with Gasteiger partial charge in [-0.25, -0.2) is 0 Å². The van der Waals surface area contributed by atoms with Gasteiger partial charge in [-0.15, -0.1) is 12.4 Å². The maximum Gasteiger partial charge on any atom is 0.0234 e. The molecule has 1 aromatic rings. The maximum absolute atomic E-state index is 3.47. The standard InChI is InChI=1S/C16H25N3.ClH/c1-14-2-4-15(5-3-14)13-18-8-10-19(11-9-18)16-6-7-17-12-16;/h2-5,16-17H,6-13H2,1H3;1H. The van der Waals surface area contributed by atoms with E-state index in [0.29, 0.717) is 0 Å². The van der Waals surface area contributed by atoms with Gasteiger partial charge < -0.3 is 5.32 Å². The number of piperazine rings is 1. The van der Waals surface area contributed by atoms with Gasteiger partial charge in [-0.05, 0) is 25.5 Å². The van der Waals surface area contributed by atoms with Crippen molar-refractivity contribution >= 4 is 12.4 Å². The Morgan fingerprint density at radius 2 is 1.80 bits per heavy atom. The van der Waals surface area contributed by atoms with E-state index in [0.717, 1.165) is 12.6 Å². The molecule has 0 bridgehead atoms. The van der Waals surface area contributed by atoms with Crippen LogP contribution in [0.4, 0.5) is 0 Å². The first-order valence-electron chi connectivity index (χ1n) is 7.54. The van der Waals surface area contributed by atoms with Crippen LogP contribution < -0.4 is 5.32 Å². The van der Waals surface area contributed by atoms with Crippen LogP contribution in [-0.4, -0.2) is 55.1 Å². The average molecular weight is 296 g/mol. The van der Waals surface area contributed by atoms with E-state index in [1.165, 1.54) is 56.8 Å². The van der Waals surface area contributed by atoms with Crippen LogP contribution in [0, 0.1) is 6.92 Å². The molecule has 1 aromatic carbocycles. The number of nitrogens with zero attached hydrogens (tertiary/aromatic N) is 2. The van der Waals surface area contributed by atoms with Gasteiger partial charge in [0.25, 0.3) is 0 Å². The zero-order valence-corrected chi connectivity index (χ0v) is 13.2. The summed E-state index contributed by atoms with van der Waals surface area (Å²) in [6, 6.07) is 9.76. The van der Waals surface area contributed by atoms with Crippen molar-refractivity contribution in [1.29, 1.82) is 0 Å². The summed E-state index contributed by atoms with van der Waals surface area (Å²) in [6.07, 6.45) is 1.33. The summed E-state index contributed by atoms with van der Waals surface area (Å²) in [5.41, 5.74) is 2.80. The first kappa shape index (κ1) is 15.8. The maximum atomic E-state index is 3.47. The number of nitrogens with one attached hydrogen (secondary N) is 1. The first-order valence-corrected chi connectivity index (χ1v) is 7.54. The topological polar surface area (TPSA) is 18.5 Å². The van der Waals surface area contributed by atoms with Crippen LogP contribution in [0.5, 0.6) is 0 Å². The number of rotatable bonds is 3. The van der Waals surface area contributed by atoms with Gasteiger partial charge in [0.05, 0.1) is 0 Å². The molecule has 2 aliphatic rings. The van der Waals surface area contributed by atoms with Gasteiger partial charge >= 0.3 is 0 Å². The summed E-state index contributed by atoms with van der Waals surface area (Å²) in [6.45, 7) is 10.5. The molecule has 3 rings (SSSR count). The molecule has 1 unspecified atom stereocenters. The summed E-state index contributed by atoms with van der Waals surface area (Å²) < 4.78 is 0. The minimum atomic E-state index is 0. The zero-order valence-electron chi connectivity index (χ0n) is 12.3. The van der Waals surface area contributed by atoms with E-state index in [1.807, 2.05) is 0 Å². The number of benzene rings is 1. The van der Waals surface area contributed by atoms with E-state index in [-0.39, 0.29) is 12.4 Å². The van der Waals surface area contributed by atoms with Crippen LogP contribution in [0.1, 0.15) is 17.5 Å². The molecule has 2 heterocycles. The second-order valence-corrected chi connectivity index (χ2v) is 5.94. The van der Waals surface area contributed by atoms with Crippen LogP contribution >= 0.6 is 12.4 Å². The zero-order chi connectivity index (χ0) is 13.1. The van der Waals surface area contributed by atoms with Crippen LogP contribution in [0.3, 0.4) is 0 Å². The third-order valence-electron chi connectivity index (χ3n) is 4.48. The Morgan fingerprint density at radius 3 is 2.40 bits per heavy atom. The van der Waals surface area contributed by atoms with Crippen molar-refractivity contribution in [2.45, 2.75) is 25.9 Å². The van der Waals surface area contributed by atoms with E-state index >= 15 is 0 Å². The summed E-state index contributed by atoms with van der Waals surface area (Å²) in [5.74, 6) is 0. The summed E-state index contributed by atoms with van der Waals surface area (Å²) >= 11 is 0. The van der Waals surface area contributed by atoms with Gasteiger partial charge in [0.15, 0.2) is 0 Å². The predicted molar refractivity (Wildman–Crippen MR) is 86.6 cm³/mol. The lowest BCUT2D eigenvalue weighted by molar-refractivity contribution is 0.0981. The van der Waals surface area contributed by atoms with Gasteiger partial charge in [0.2, 0.25) is 0 Å². The van der Waals surface area contributed by atoms with Crippen molar-refractivity contribution in [3.05, 3.63) is 35.4 Å². The third kappa shape index (κ3) is 3.95. The Hall–Kier alpha value is -0.610. The number of hydrogen-bond acceptors (Lipinski definition) is 3. The lowest BCUT2D eigenvalue weighted by Gasteiger charge is -2.37. The SMILES string of the molecule is Cc1ccc(CN2CCN(C3CCNC3)CC2)cc1.Cl. The smallest absolute Gasteiger partial charge is 0.0234 e. The van der Waals surface area contributed by atoms with E-state index in [1.54, 1.807) is 0 Å². The van der Waals surface area contributed by atoms with Crippen LogP contribution in [0.25, 0.3) is 0 Å². The molecule has 2 aliphatic heterocycles. The van der Waals surface area contributed by atoms with Crippen molar-refractivity contribution in [3.8, 4) is 0 Å². The Kier molecular flexibility index (Phi) is 5.85. The van der Waals surface area contributed by atoms with Crippen LogP contribution in [-0.2, 0) is 6.54 Å². The minimum absolute atomic E-state index is 0. The van der Waals surface area contributed by atoms with Crippen molar-refractivity contribution < 1.29 is 0 Å². The molecule has 0 aromatic heterocycles. The van der Waals surface area contributed by atoms with Gasteiger partial charge in [-0.3, -0.25) is 9.80 Å². The molecule has 3 nitrogen and oxygen atoms in total. The fourth-order valence-corrected chi connectivity index (χ4v) is 3.19. The molecule has 2 saturated heterocycles. The van der Waals surface area contributed by atoms with Crippen molar-refractivity contribution in [2.24, 2.45) is 0 Å². The molecule has 0 amide bonds. The normalized spacial score (nSPS) is 24.6. The predicted octanol–water partition coefficient (Wildman–Crippen LogP) is 1.90. The third-order valence-corrected chi connectivity index (χ3v) is 4.48. The molecule has 112 valence electrons. The molecule has 1 atom stereocenters. The van der Waals surface area contributed by atoms with E-state index < -0.39 is 0 Å². The molecule has 1 N–H and O–H groups in total.